The number of H-pyrrole nitrogens is 1. The van der Waals surface area contributed by atoms with E-state index in [1.54, 1.807) is 0 Å². The Hall–Kier alpha value is -2.18. The van der Waals surface area contributed by atoms with Crippen LogP contribution in [0.15, 0.2) is 29.1 Å². The molecule has 24 heavy (non-hydrogen) atoms. The van der Waals surface area contributed by atoms with Crippen molar-refractivity contribution in [3.05, 3.63) is 45.7 Å². The van der Waals surface area contributed by atoms with E-state index in [2.05, 4.69) is 44.7 Å². The third-order valence-corrected chi connectivity index (χ3v) is 4.72. The molecule has 0 amide bonds. The maximum Gasteiger partial charge on any atom is 0.269 e. The van der Waals surface area contributed by atoms with Crippen molar-refractivity contribution >= 4 is 5.69 Å². The van der Waals surface area contributed by atoms with E-state index in [1.807, 2.05) is 0 Å². The minimum atomic E-state index is -0.0788. The fourth-order valence-electron chi connectivity index (χ4n) is 3.39. The molecule has 1 saturated heterocycles. The maximum absolute atomic E-state index is 11.9. The highest BCUT2D eigenvalue weighted by Crippen LogP contribution is 2.29. The van der Waals surface area contributed by atoms with Crippen molar-refractivity contribution in [2.24, 2.45) is 0 Å². The lowest BCUT2D eigenvalue weighted by Gasteiger charge is -2.26. The van der Waals surface area contributed by atoms with Crippen LogP contribution in [0.3, 0.4) is 0 Å². The molecule has 0 atom stereocenters. The Labute approximate surface area is 140 Å². The Morgan fingerprint density at radius 2 is 1.96 bits per heavy atom. The molecule has 1 fully saturated rings. The van der Waals surface area contributed by atoms with E-state index in [0.717, 1.165) is 74.7 Å². The van der Waals surface area contributed by atoms with Gasteiger partial charge in [0.15, 0.2) is 0 Å². The minimum Gasteiger partial charge on any atom is -0.383 e. The predicted octanol–water partition coefficient (Wildman–Crippen LogP) is 1.63. The van der Waals surface area contributed by atoms with Crippen LogP contribution < -0.4 is 10.9 Å². The molecule has 0 spiro atoms. The summed E-state index contributed by atoms with van der Waals surface area (Å²) in [4.78, 5) is 14.4. The van der Waals surface area contributed by atoms with Crippen molar-refractivity contribution in [3.8, 4) is 11.3 Å². The first-order valence-electron chi connectivity index (χ1n) is 8.56. The molecule has 0 saturated carbocycles. The number of morpholine rings is 1. The maximum atomic E-state index is 11.9. The molecule has 0 bridgehead atoms. The van der Waals surface area contributed by atoms with Gasteiger partial charge in [0.25, 0.3) is 5.56 Å². The smallest absolute Gasteiger partial charge is 0.269 e. The van der Waals surface area contributed by atoms with Crippen LogP contribution in [0.5, 0.6) is 0 Å². The number of anilines is 1. The molecule has 0 radical (unpaired) electrons. The number of hydrogen-bond donors (Lipinski definition) is 2. The van der Waals surface area contributed by atoms with Gasteiger partial charge in [-0.25, -0.2) is 5.10 Å². The molecule has 6 heteroatoms. The Bertz CT molecular complexity index is 764. The van der Waals surface area contributed by atoms with Crippen LogP contribution in [0.2, 0.25) is 0 Å². The molecule has 0 aliphatic carbocycles. The van der Waals surface area contributed by atoms with Gasteiger partial charge in [-0.3, -0.25) is 9.69 Å². The number of rotatable bonds is 3. The fourth-order valence-corrected chi connectivity index (χ4v) is 3.39. The second-order valence-electron chi connectivity index (χ2n) is 6.37. The third-order valence-electron chi connectivity index (χ3n) is 4.72. The molecule has 2 aromatic rings. The normalized spacial score (nSPS) is 18.0. The summed E-state index contributed by atoms with van der Waals surface area (Å²) in [5, 5.41) is 10.3. The molecule has 2 N–H and O–H groups in total. The van der Waals surface area contributed by atoms with E-state index in [9.17, 15) is 4.79 Å². The summed E-state index contributed by atoms with van der Waals surface area (Å²) in [6.45, 7) is 5.44. The highest BCUT2D eigenvalue weighted by Gasteiger charge is 2.18. The van der Waals surface area contributed by atoms with Crippen molar-refractivity contribution in [2.45, 2.75) is 19.4 Å². The number of nitrogens with one attached hydrogen (secondary N) is 2. The lowest BCUT2D eigenvalue weighted by Crippen LogP contribution is -2.35. The Morgan fingerprint density at radius 1 is 1.17 bits per heavy atom. The molecule has 1 aromatic carbocycles. The van der Waals surface area contributed by atoms with E-state index >= 15 is 0 Å². The largest absolute Gasteiger partial charge is 0.383 e. The number of hydrogen-bond acceptors (Lipinski definition) is 5. The van der Waals surface area contributed by atoms with E-state index in [0.29, 0.717) is 0 Å². The molecule has 6 nitrogen and oxygen atoms in total. The summed E-state index contributed by atoms with van der Waals surface area (Å²) in [5.41, 5.74) is 4.79. The van der Waals surface area contributed by atoms with Crippen molar-refractivity contribution in [1.29, 1.82) is 0 Å². The van der Waals surface area contributed by atoms with E-state index in [1.165, 1.54) is 5.56 Å². The topological polar surface area (TPSA) is 70.2 Å². The first kappa shape index (κ1) is 15.4. The lowest BCUT2D eigenvalue weighted by atomic mass is 10.0. The van der Waals surface area contributed by atoms with E-state index < -0.39 is 0 Å². The number of aromatic amines is 1. The van der Waals surface area contributed by atoms with Crippen LogP contribution in [0.25, 0.3) is 11.3 Å². The molecule has 4 rings (SSSR count). The quantitative estimate of drug-likeness (QED) is 0.897. The van der Waals surface area contributed by atoms with Gasteiger partial charge in [0.05, 0.1) is 18.9 Å². The molecule has 3 heterocycles. The SMILES string of the molecule is O=c1[nH]nc(-c2ccc(CN3CCOCC3)cc2)c2c1CCCN2. The predicted molar refractivity (Wildman–Crippen MR) is 93.2 cm³/mol. The van der Waals surface area contributed by atoms with Crippen LogP contribution in [-0.4, -0.2) is 47.9 Å². The van der Waals surface area contributed by atoms with Crippen molar-refractivity contribution in [3.63, 3.8) is 0 Å². The minimum absolute atomic E-state index is 0.0788. The van der Waals surface area contributed by atoms with Gasteiger partial charge in [0.2, 0.25) is 0 Å². The summed E-state index contributed by atoms with van der Waals surface area (Å²) in [6.07, 6.45) is 1.79. The van der Waals surface area contributed by atoms with Gasteiger partial charge in [-0.2, -0.15) is 5.10 Å². The Balaban J connectivity index is 1.58. The molecule has 0 unspecified atom stereocenters. The standard InChI is InChI=1S/C18H22N4O2/c23-18-15-2-1-7-19-17(15)16(20-21-18)14-5-3-13(4-6-14)12-22-8-10-24-11-9-22/h3-6,19H,1-2,7-12H2,(H,21,23). The summed E-state index contributed by atoms with van der Waals surface area (Å²) in [7, 11) is 0. The van der Waals surface area contributed by atoms with Gasteiger partial charge in [-0.15, -0.1) is 0 Å². The molecule has 2 aliphatic heterocycles. The summed E-state index contributed by atoms with van der Waals surface area (Å²) < 4.78 is 5.39. The number of aromatic nitrogens is 2. The summed E-state index contributed by atoms with van der Waals surface area (Å²) in [5.74, 6) is 0. The zero-order valence-electron chi connectivity index (χ0n) is 13.7. The summed E-state index contributed by atoms with van der Waals surface area (Å²) in [6, 6.07) is 8.47. The average Bonchev–Trinajstić information content (AvgIpc) is 2.64. The molecule has 1 aromatic heterocycles. The van der Waals surface area contributed by atoms with Crippen LogP contribution >= 0.6 is 0 Å². The zero-order chi connectivity index (χ0) is 16.4. The van der Waals surface area contributed by atoms with Crippen molar-refractivity contribution in [2.75, 3.05) is 38.2 Å². The zero-order valence-corrected chi connectivity index (χ0v) is 13.7. The molecular formula is C18H22N4O2. The van der Waals surface area contributed by atoms with Gasteiger partial charge in [-0.1, -0.05) is 24.3 Å². The van der Waals surface area contributed by atoms with Gasteiger partial charge in [-0.05, 0) is 18.4 Å². The highest BCUT2D eigenvalue weighted by molar-refractivity contribution is 5.76. The Kier molecular flexibility index (Phi) is 4.32. The number of ether oxygens (including phenoxy) is 1. The van der Waals surface area contributed by atoms with Crippen LogP contribution in [-0.2, 0) is 17.7 Å². The second kappa shape index (κ2) is 6.75. The Morgan fingerprint density at radius 3 is 2.75 bits per heavy atom. The van der Waals surface area contributed by atoms with Crippen molar-refractivity contribution < 1.29 is 4.74 Å². The van der Waals surface area contributed by atoms with E-state index in [-0.39, 0.29) is 5.56 Å². The van der Waals surface area contributed by atoms with Gasteiger partial charge in [0.1, 0.15) is 5.69 Å². The van der Waals surface area contributed by atoms with E-state index in [4.69, 9.17) is 4.74 Å². The van der Waals surface area contributed by atoms with Gasteiger partial charge < -0.3 is 10.1 Å². The number of fused-ring (bicyclic) bond motifs is 1. The fraction of sp³-hybridized carbons (Fsp3) is 0.444. The monoisotopic (exact) mass is 326 g/mol. The molecule has 2 aliphatic rings. The van der Waals surface area contributed by atoms with Crippen LogP contribution in [0.4, 0.5) is 5.69 Å². The second-order valence-corrected chi connectivity index (χ2v) is 6.37. The highest BCUT2D eigenvalue weighted by atomic mass is 16.5. The first-order valence-corrected chi connectivity index (χ1v) is 8.56. The number of nitrogens with zero attached hydrogens (tertiary/aromatic N) is 2. The first-order chi connectivity index (χ1) is 11.8. The van der Waals surface area contributed by atoms with Gasteiger partial charge in [0, 0.05) is 37.3 Å². The molecular weight excluding hydrogens is 304 g/mol. The van der Waals surface area contributed by atoms with Crippen LogP contribution in [0, 0.1) is 0 Å². The third kappa shape index (κ3) is 3.07. The average molecular weight is 326 g/mol. The molecule has 126 valence electrons. The van der Waals surface area contributed by atoms with Crippen LogP contribution in [0.1, 0.15) is 17.5 Å². The lowest BCUT2D eigenvalue weighted by molar-refractivity contribution is 0.0342. The van der Waals surface area contributed by atoms with Gasteiger partial charge >= 0.3 is 0 Å². The number of benzene rings is 1. The summed E-state index contributed by atoms with van der Waals surface area (Å²) >= 11 is 0. The van der Waals surface area contributed by atoms with Crippen molar-refractivity contribution in [1.82, 2.24) is 15.1 Å².